The maximum absolute atomic E-state index is 2.60. The summed E-state index contributed by atoms with van der Waals surface area (Å²) in [4.78, 5) is 5.01. The van der Waals surface area contributed by atoms with E-state index >= 15 is 0 Å². The lowest BCUT2D eigenvalue weighted by molar-refractivity contribution is 0.153. The summed E-state index contributed by atoms with van der Waals surface area (Å²) >= 11 is 0. The van der Waals surface area contributed by atoms with Crippen LogP contribution >= 0.6 is 0 Å². The van der Waals surface area contributed by atoms with E-state index in [-0.39, 0.29) is 0 Å². The first-order valence-electron chi connectivity index (χ1n) is 7.12. The summed E-state index contributed by atoms with van der Waals surface area (Å²) in [5.41, 5.74) is 4.32. The molecule has 0 spiro atoms. The summed E-state index contributed by atoms with van der Waals surface area (Å²) in [5, 5.41) is 0. The van der Waals surface area contributed by atoms with Crippen LogP contribution in [0.2, 0.25) is 0 Å². The van der Waals surface area contributed by atoms with Gasteiger partial charge in [0.2, 0.25) is 0 Å². The zero-order chi connectivity index (χ0) is 13.0. The molecule has 1 aliphatic rings. The summed E-state index contributed by atoms with van der Waals surface area (Å²) < 4.78 is 0. The first-order valence-corrected chi connectivity index (χ1v) is 7.12. The second-order valence-electron chi connectivity index (χ2n) is 5.67. The minimum Gasteiger partial charge on any atom is -0.304 e. The van der Waals surface area contributed by atoms with Crippen molar-refractivity contribution in [3.8, 4) is 0 Å². The van der Waals surface area contributed by atoms with Crippen molar-refractivity contribution in [1.29, 1.82) is 0 Å². The van der Waals surface area contributed by atoms with Gasteiger partial charge in [0.15, 0.2) is 0 Å². The molecule has 0 bridgehead atoms. The van der Waals surface area contributed by atoms with Crippen molar-refractivity contribution in [3.63, 3.8) is 0 Å². The summed E-state index contributed by atoms with van der Waals surface area (Å²) in [7, 11) is 2.21. The van der Waals surface area contributed by atoms with Crippen LogP contribution in [0.3, 0.4) is 0 Å². The van der Waals surface area contributed by atoms with E-state index in [0.717, 1.165) is 0 Å². The molecular weight excluding hydrogens is 220 g/mol. The van der Waals surface area contributed by atoms with E-state index in [1.165, 1.54) is 62.3 Å². The fourth-order valence-corrected chi connectivity index (χ4v) is 2.54. The van der Waals surface area contributed by atoms with Gasteiger partial charge in [-0.3, -0.25) is 0 Å². The van der Waals surface area contributed by atoms with Crippen molar-refractivity contribution in [1.82, 2.24) is 9.80 Å². The van der Waals surface area contributed by atoms with Crippen LogP contribution in [0.4, 0.5) is 0 Å². The molecule has 1 fully saturated rings. The lowest BCUT2D eigenvalue weighted by Gasteiger charge is -2.32. The van der Waals surface area contributed by atoms with Gasteiger partial charge in [0.25, 0.3) is 0 Å². The second-order valence-corrected chi connectivity index (χ2v) is 5.67. The molecule has 1 aliphatic heterocycles. The zero-order valence-corrected chi connectivity index (χ0v) is 12.1. The van der Waals surface area contributed by atoms with Crippen molar-refractivity contribution in [2.45, 2.75) is 26.7 Å². The Morgan fingerprint density at radius 1 is 1.00 bits per heavy atom. The highest BCUT2D eigenvalue weighted by Crippen LogP contribution is 2.12. The lowest BCUT2D eigenvalue weighted by atomic mass is 10.0. The van der Waals surface area contributed by atoms with Gasteiger partial charge in [0.05, 0.1) is 0 Å². The highest BCUT2D eigenvalue weighted by molar-refractivity contribution is 5.29. The highest BCUT2D eigenvalue weighted by Gasteiger charge is 2.12. The van der Waals surface area contributed by atoms with Crippen LogP contribution in [0.25, 0.3) is 0 Å². The van der Waals surface area contributed by atoms with E-state index in [2.05, 4.69) is 48.9 Å². The first kappa shape index (κ1) is 13.6. The average molecular weight is 246 g/mol. The molecule has 1 aromatic rings. The molecule has 18 heavy (non-hydrogen) atoms. The third kappa shape index (κ3) is 3.82. The molecule has 0 aliphatic carbocycles. The Balaban J connectivity index is 1.73. The number of rotatable bonds is 4. The smallest absolute Gasteiger partial charge is 0.0110 e. The largest absolute Gasteiger partial charge is 0.304 e. The maximum Gasteiger partial charge on any atom is 0.0110 e. The minimum absolute atomic E-state index is 1.22. The predicted octanol–water partition coefficient (Wildman–Crippen LogP) is 2.48. The van der Waals surface area contributed by atoms with Crippen LogP contribution < -0.4 is 0 Å². The Kier molecular flexibility index (Phi) is 4.79. The summed E-state index contributed by atoms with van der Waals surface area (Å²) in [6.07, 6.45) is 2.50. The van der Waals surface area contributed by atoms with E-state index < -0.39 is 0 Å². The van der Waals surface area contributed by atoms with Crippen LogP contribution in [0.1, 0.15) is 23.1 Å². The molecule has 0 atom stereocenters. The van der Waals surface area contributed by atoms with Gasteiger partial charge in [-0.15, -0.1) is 0 Å². The Bertz CT molecular complexity index is 379. The molecule has 0 radical (unpaired) electrons. The van der Waals surface area contributed by atoms with Gasteiger partial charge in [0.1, 0.15) is 0 Å². The SMILES string of the molecule is Cc1ccc(CCCN2CCN(C)CC2)cc1C. The summed E-state index contributed by atoms with van der Waals surface area (Å²) in [6.45, 7) is 10.6. The number of aryl methyl sites for hydroxylation is 3. The standard InChI is InChI=1S/C16H26N2/c1-14-6-7-16(13-15(14)2)5-4-8-18-11-9-17(3)10-12-18/h6-7,13H,4-5,8-12H2,1-3H3. The second kappa shape index (κ2) is 6.35. The monoisotopic (exact) mass is 246 g/mol. The fraction of sp³-hybridized carbons (Fsp3) is 0.625. The number of benzene rings is 1. The quantitative estimate of drug-likeness (QED) is 0.805. The highest BCUT2D eigenvalue weighted by atomic mass is 15.2. The molecule has 2 rings (SSSR count). The number of likely N-dealkylation sites (N-methyl/N-ethyl adjacent to an activating group) is 1. The number of hydrogen-bond donors (Lipinski definition) is 0. The van der Waals surface area contributed by atoms with Gasteiger partial charge in [-0.25, -0.2) is 0 Å². The molecule has 100 valence electrons. The van der Waals surface area contributed by atoms with Gasteiger partial charge in [-0.1, -0.05) is 18.2 Å². The fourth-order valence-electron chi connectivity index (χ4n) is 2.54. The van der Waals surface area contributed by atoms with Crippen molar-refractivity contribution in [3.05, 3.63) is 34.9 Å². The molecule has 2 heteroatoms. The van der Waals surface area contributed by atoms with E-state index in [9.17, 15) is 0 Å². The maximum atomic E-state index is 2.60. The molecule has 2 nitrogen and oxygen atoms in total. The summed E-state index contributed by atoms with van der Waals surface area (Å²) in [5.74, 6) is 0. The molecule has 0 aromatic heterocycles. The van der Waals surface area contributed by atoms with Crippen molar-refractivity contribution in [2.24, 2.45) is 0 Å². The molecule has 0 saturated carbocycles. The van der Waals surface area contributed by atoms with E-state index in [1.54, 1.807) is 0 Å². The van der Waals surface area contributed by atoms with Crippen molar-refractivity contribution in [2.75, 3.05) is 39.8 Å². The van der Waals surface area contributed by atoms with Gasteiger partial charge >= 0.3 is 0 Å². The van der Waals surface area contributed by atoms with Crippen molar-refractivity contribution < 1.29 is 0 Å². The van der Waals surface area contributed by atoms with Crippen LogP contribution in [0, 0.1) is 13.8 Å². The van der Waals surface area contributed by atoms with E-state index in [1.807, 2.05) is 0 Å². The molecule has 1 aromatic carbocycles. The average Bonchev–Trinajstić information content (AvgIpc) is 2.36. The lowest BCUT2D eigenvalue weighted by Crippen LogP contribution is -2.44. The Hall–Kier alpha value is -0.860. The number of piperazine rings is 1. The first-order chi connectivity index (χ1) is 8.65. The third-order valence-corrected chi connectivity index (χ3v) is 4.11. The zero-order valence-electron chi connectivity index (χ0n) is 12.1. The molecule has 0 unspecified atom stereocenters. The van der Waals surface area contributed by atoms with E-state index in [4.69, 9.17) is 0 Å². The van der Waals surface area contributed by atoms with Gasteiger partial charge in [-0.2, -0.15) is 0 Å². The van der Waals surface area contributed by atoms with Gasteiger partial charge < -0.3 is 9.80 Å². The summed E-state index contributed by atoms with van der Waals surface area (Å²) in [6, 6.07) is 6.88. The van der Waals surface area contributed by atoms with Crippen LogP contribution in [0.15, 0.2) is 18.2 Å². The predicted molar refractivity (Wildman–Crippen MR) is 78.2 cm³/mol. The van der Waals surface area contributed by atoms with Crippen LogP contribution in [0.5, 0.6) is 0 Å². The topological polar surface area (TPSA) is 6.48 Å². The van der Waals surface area contributed by atoms with Gasteiger partial charge in [0, 0.05) is 26.2 Å². The Morgan fingerprint density at radius 2 is 1.72 bits per heavy atom. The molecule has 1 saturated heterocycles. The molecule has 0 N–H and O–H groups in total. The van der Waals surface area contributed by atoms with Crippen LogP contribution in [-0.4, -0.2) is 49.6 Å². The molecule has 0 amide bonds. The Morgan fingerprint density at radius 3 is 2.39 bits per heavy atom. The minimum atomic E-state index is 1.22. The van der Waals surface area contributed by atoms with E-state index in [0.29, 0.717) is 0 Å². The van der Waals surface area contributed by atoms with Crippen LogP contribution in [-0.2, 0) is 6.42 Å². The Labute approximate surface area is 112 Å². The third-order valence-electron chi connectivity index (χ3n) is 4.11. The molecular formula is C16H26N2. The molecule has 1 heterocycles. The normalized spacial score (nSPS) is 18.2. The van der Waals surface area contributed by atoms with Gasteiger partial charge in [-0.05, 0) is 57.0 Å². The number of hydrogen-bond acceptors (Lipinski definition) is 2. The van der Waals surface area contributed by atoms with Crippen molar-refractivity contribution >= 4 is 0 Å². The number of nitrogens with zero attached hydrogens (tertiary/aromatic N) is 2.